The van der Waals surface area contributed by atoms with Gasteiger partial charge in [0.1, 0.15) is 0 Å². The maximum absolute atomic E-state index is 11.9. The summed E-state index contributed by atoms with van der Waals surface area (Å²) in [7, 11) is 0. The highest BCUT2D eigenvalue weighted by molar-refractivity contribution is 5.85. The van der Waals surface area contributed by atoms with E-state index in [1.807, 2.05) is 0 Å². The fraction of sp³-hybridized carbons (Fsp3) is 0.933. The van der Waals surface area contributed by atoms with Gasteiger partial charge in [0.05, 0.1) is 5.54 Å². The molecular formula is C15H33Cl2N3O. The van der Waals surface area contributed by atoms with E-state index in [0.29, 0.717) is 18.5 Å². The lowest BCUT2D eigenvalue weighted by molar-refractivity contribution is -0.125. The van der Waals surface area contributed by atoms with Crippen molar-refractivity contribution in [3.8, 4) is 0 Å². The number of amides is 1. The van der Waals surface area contributed by atoms with E-state index in [2.05, 4.69) is 31.0 Å². The second-order valence-corrected chi connectivity index (χ2v) is 6.96. The molecule has 128 valence electrons. The van der Waals surface area contributed by atoms with Gasteiger partial charge < -0.3 is 11.1 Å². The molecule has 0 radical (unpaired) electrons. The lowest BCUT2D eigenvalue weighted by atomic mass is 9.94. The van der Waals surface area contributed by atoms with E-state index in [4.69, 9.17) is 5.73 Å². The van der Waals surface area contributed by atoms with Crippen molar-refractivity contribution < 1.29 is 4.79 Å². The maximum atomic E-state index is 11.9. The van der Waals surface area contributed by atoms with Gasteiger partial charge in [0.25, 0.3) is 0 Å². The molecule has 0 bridgehead atoms. The first-order valence-corrected chi connectivity index (χ1v) is 7.53. The third-order valence-electron chi connectivity index (χ3n) is 4.11. The molecular weight excluding hydrogens is 309 g/mol. The lowest BCUT2D eigenvalue weighted by Gasteiger charge is -2.39. The molecule has 1 rings (SSSR count). The van der Waals surface area contributed by atoms with Gasteiger partial charge >= 0.3 is 0 Å². The molecule has 0 aromatic heterocycles. The Morgan fingerprint density at radius 2 is 1.76 bits per heavy atom. The average molecular weight is 342 g/mol. The minimum Gasteiger partial charge on any atom is -0.353 e. The van der Waals surface area contributed by atoms with Crippen LogP contribution in [0.5, 0.6) is 0 Å². The second-order valence-electron chi connectivity index (χ2n) is 6.96. The van der Waals surface area contributed by atoms with Gasteiger partial charge in [-0.05, 0) is 51.6 Å². The zero-order valence-electron chi connectivity index (χ0n) is 14.0. The first-order chi connectivity index (χ1) is 8.71. The lowest BCUT2D eigenvalue weighted by Crippen LogP contribution is -2.54. The van der Waals surface area contributed by atoms with Gasteiger partial charge in [0.15, 0.2) is 0 Å². The Labute approximate surface area is 142 Å². The van der Waals surface area contributed by atoms with Gasteiger partial charge in [-0.25, -0.2) is 0 Å². The van der Waals surface area contributed by atoms with Crippen molar-refractivity contribution in [1.82, 2.24) is 10.2 Å². The summed E-state index contributed by atoms with van der Waals surface area (Å²) in [5, 5.41) is 3.01. The smallest absolute Gasteiger partial charge is 0.239 e. The summed E-state index contributed by atoms with van der Waals surface area (Å²) >= 11 is 0. The SMILES string of the molecule is CC1CCN(C(CNC(=O)C(C)(C)N)C(C)C)CC1.Cl.Cl. The van der Waals surface area contributed by atoms with E-state index < -0.39 is 5.54 Å². The van der Waals surface area contributed by atoms with Crippen LogP contribution in [-0.2, 0) is 4.79 Å². The van der Waals surface area contributed by atoms with E-state index in [1.165, 1.54) is 12.8 Å². The van der Waals surface area contributed by atoms with Crippen LogP contribution in [0.25, 0.3) is 0 Å². The number of hydrogen-bond acceptors (Lipinski definition) is 3. The van der Waals surface area contributed by atoms with Crippen LogP contribution < -0.4 is 11.1 Å². The third kappa shape index (κ3) is 7.68. The normalized spacial score (nSPS) is 18.6. The molecule has 0 saturated carbocycles. The quantitative estimate of drug-likeness (QED) is 0.807. The Balaban J connectivity index is 0. The Kier molecular flexibility index (Phi) is 10.9. The first-order valence-electron chi connectivity index (χ1n) is 7.53. The summed E-state index contributed by atoms with van der Waals surface area (Å²) < 4.78 is 0. The zero-order chi connectivity index (χ0) is 14.6. The van der Waals surface area contributed by atoms with E-state index in [0.717, 1.165) is 19.0 Å². The number of rotatable bonds is 5. The minimum atomic E-state index is -0.794. The molecule has 4 nitrogen and oxygen atoms in total. The molecule has 1 fully saturated rings. The molecule has 1 saturated heterocycles. The van der Waals surface area contributed by atoms with Crippen LogP contribution in [0, 0.1) is 11.8 Å². The molecule has 1 atom stereocenters. The van der Waals surface area contributed by atoms with Crippen LogP contribution in [0.15, 0.2) is 0 Å². The van der Waals surface area contributed by atoms with E-state index in [1.54, 1.807) is 13.8 Å². The molecule has 21 heavy (non-hydrogen) atoms. The number of nitrogens with zero attached hydrogens (tertiary/aromatic N) is 1. The molecule has 3 N–H and O–H groups in total. The largest absolute Gasteiger partial charge is 0.353 e. The molecule has 1 aliphatic heterocycles. The van der Waals surface area contributed by atoms with Gasteiger partial charge in [0.2, 0.25) is 5.91 Å². The van der Waals surface area contributed by atoms with Crippen LogP contribution in [0.3, 0.4) is 0 Å². The van der Waals surface area contributed by atoms with Crippen LogP contribution in [0.4, 0.5) is 0 Å². The molecule has 0 aliphatic carbocycles. The minimum absolute atomic E-state index is 0. The van der Waals surface area contributed by atoms with E-state index in [-0.39, 0.29) is 30.7 Å². The van der Waals surface area contributed by atoms with Gasteiger partial charge in [-0.3, -0.25) is 9.69 Å². The third-order valence-corrected chi connectivity index (χ3v) is 4.11. The van der Waals surface area contributed by atoms with Crippen LogP contribution in [-0.4, -0.2) is 42.0 Å². The molecule has 0 aromatic rings. The van der Waals surface area contributed by atoms with Crippen molar-refractivity contribution in [1.29, 1.82) is 0 Å². The first kappa shape index (κ1) is 23.2. The van der Waals surface area contributed by atoms with Gasteiger partial charge in [0, 0.05) is 12.6 Å². The van der Waals surface area contributed by atoms with E-state index in [9.17, 15) is 4.79 Å². The van der Waals surface area contributed by atoms with E-state index >= 15 is 0 Å². The second kappa shape index (κ2) is 9.88. The van der Waals surface area contributed by atoms with Gasteiger partial charge in [-0.15, -0.1) is 24.8 Å². The highest BCUT2D eigenvalue weighted by Gasteiger charge is 2.28. The molecule has 0 aromatic carbocycles. The summed E-state index contributed by atoms with van der Waals surface area (Å²) in [6, 6.07) is 0.416. The van der Waals surface area contributed by atoms with Crippen LogP contribution >= 0.6 is 24.8 Å². The summed E-state index contributed by atoms with van der Waals surface area (Å²) in [5.74, 6) is 1.31. The number of piperidine rings is 1. The van der Waals surface area contributed by atoms with Gasteiger partial charge in [-0.2, -0.15) is 0 Å². The highest BCUT2D eigenvalue weighted by atomic mass is 35.5. The fourth-order valence-corrected chi connectivity index (χ4v) is 2.57. The molecule has 1 amide bonds. The van der Waals surface area contributed by atoms with Crippen LogP contribution in [0.1, 0.15) is 47.5 Å². The number of hydrogen-bond donors (Lipinski definition) is 2. The number of nitrogens with one attached hydrogen (secondary N) is 1. The van der Waals surface area contributed by atoms with Crippen LogP contribution in [0.2, 0.25) is 0 Å². The Morgan fingerprint density at radius 1 is 1.29 bits per heavy atom. The van der Waals surface area contributed by atoms with Crippen molar-refractivity contribution in [2.24, 2.45) is 17.6 Å². The summed E-state index contributed by atoms with van der Waals surface area (Å²) in [6.07, 6.45) is 2.53. The monoisotopic (exact) mass is 341 g/mol. The van der Waals surface area contributed by atoms with Crippen molar-refractivity contribution in [3.63, 3.8) is 0 Å². The number of likely N-dealkylation sites (tertiary alicyclic amines) is 1. The Bertz CT molecular complexity index is 298. The van der Waals surface area contributed by atoms with Crippen molar-refractivity contribution in [3.05, 3.63) is 0 Å². The number of carbonyl (C=O) groups excluding carboxylic acids is 1. The predicted octanol–water partition coefficient (Wildman–Crippen LogP) is 2.44. The molecule has 1 heterocycles. The molecule has 6 heteroatoms. The zero-order valence-corrected chi connectivity index (χ0v) is 15.6. The average Bonchev–Trinajstić information content (AvgIpc) is 2.29. The highest BCUT2D eigenvalue weighted by Crippen LogP contribution is 2.21. The standard InChI is InChI=1S/C15H31N3O.2ClH/c1-11(2)13(10-17-14(19)15(4,5)16)18-8-6-12(3)7-9-18;;/h11-13H,6-10,16H2,1-5H3,(H,17,19);2*1H. The van der Waals surface area contributed by atoms with Crippen molar-refractivity contribution in [2.45, 2.75) is 59.0 Å². The molecule has 0 spiro atoms. The summed E-state index contributed by atoms with van der Waals surface area (Å²) in [6.45, 7) is 13.2. The summed E-state index contributed by atoms with van der Waals surface area (Å²) in [4.78, 5) is 14.4. The number of nitrogens with two attached hydrogens (primary N) is 1. The maximum Gasteiger partial charge on any atom is 0.239 e. The number of halogens is 2. The topological polar surface area (TPSA) is 58.4 Å². The number of carbonyl (C=O) groups is 1. The van der Waals surface area contributed by atoms with Gasteiger partial charge in [-0.1, -0.05) is 20.8 Å². The predicted molar refractivity (Wildman–Crippen MR) is 94.4 cm³/mol. The Hall–Kier alpha value is -0.0300. The summed E-state index contributed by atoms with van der Waals surface area (Å²) in [5.41, 5.74) is 5.02. The van der Waals surface area contributed by atoms with Crippen molar-refractivity contribution >= 4 is 30.7 Å². The Morgan fingerprint density at radius 3 is 2.14 bits per heavy atom. The fourth-order valence-electron chi connectivity index (χ4n) is 2.57. The van der Waals surface area contributed by atoms with Crippen molar-refractivity contribution in [2.75, 3.05) is 19.6 Å². The molecule has 1 unspecified atom stereocenters. The molecule has 1 aliphatic rings.